The maximum atomic E-state index is 10.2. The summed E-state index contributed by atoms with van der Waals surface area (Å²) in [5, 5.41) is 19.5. The molecule has 0 aliphatic heterocycles. The summed E-state index contributed by atoms with van der Waals surface area (Å²) in [6, 6.07) is 6.13. The molecule has 0 saturated carbocycles. The Morgan fingerprint density at radius 1 is 0.944 bits per heavy atom. The second kappa shape index (κ2) is 5.02. The Balaban J connectivity index is 3.56. The molecule has 0 radical (unpaired) electrons. The molecular weight excluding hydrogens is 224 g/mol. The third-order valence-corrected chi connectivity index (χ3v) is 3.23. The van der Waals surface area contributed by atoms with Gasteiger partial charge in [0.15, 0.2) is 0 Å². The minimum atomic E-state index is -0.811. The zero-order valence-corrected chi connectivity index (χ0v) is 12.4. The van der Waals surface area contributed by atoms with Crippen LogP contribution in [0.2, 0.25) is 0 Å². The summed E-state index contributed by atoms with van der Waals surface area (Å²) in [5.74, 6) is 0. The molecular formula is C16H26O2. The first-order valence-corrected chi connectivity index (χ1v) is 6.52. The van der Waals surface area contributed by atoms with Crippen LogP contribution in [0.1, 0.15) is 64.3 Å². The lowest BCUT2D eigenvalue weighted by molar-refractivity contribution is 0.0926. The van der Waals surface area contributed by atoms with Crippen molar-refractivity contribution in [1.29, 1.82) is 0 Å². The van der Waals surface area contributed by atoms with Gasteiger partial charge < -0.3 is 10.2 Å². The Morgan fingerprint density at radius 3 is 1.61 bits per heavy atom. The lowest BCUT2D eigenvalue weighted by atomic mass is 9.75. The second-order valence-corrected chi connectivity index (χ2v) is 6.97. The molecule has 0 heterocycles. The number of rotatable bonds is 2. The summed E-state index contributed by atoms with van der Waals surface area (Å²) in [4.78, 5) is 0. The average molecular weight is 250 g/mol. The fourth-order valence-corrected chi connectivity index (χ4v) is 2.32. The van der Waals surface area contributed by atoms with Gasteiger partial charge in [-0.2, -0.15) is 0 Å². The van der Waals surface area contributed by atoms with Crippen LogP contribution in [0.3, 0.4) is 0 Å². The van der Waals surface area contributed by atoms with Gasteiger partial charge >= 0.3 is 0 Å². The maximum Gasteiger partial charge on any atom is 0.103 e. The van der Waals surface area contributed by atoms with E-state index in [1.54, 1.807) is 0 Å². The highest BCUT2D eigenvalue weighted by Gasteiger charge is 2.28. The van der Waals surface area contributed by atoms with Gasteiger partial charge in [0.2, 0.25) is 0 Å². The van der Waals surface area contributed by atoms with Gasteiger partial charge in [-0.05, 0) is 27.5 Å². The molecule has 2 nitrogen and oxygen atoms in total. The standard InChI is InChI=1S/C16H26O2/c1-15(2,3)11-8-7-9-12(16(4,5)6)14(11)13(18)10-17/h7-9,13,17-18H,10H2,1-6H3. The minimum absolute atomic E-state index is 0.0489. The molecule has 0 fully saturated rings. The van der Waals surface area contributed by atoms with Crippen molar-refractivity contribution in [2.45, 2.75) is 58.5 Å². The van der Waals surface area contributed by atoms with E-state index in [1.807, 2.05) is 18.2 Å². The van der Waals surface area contributed by atoms with Crippen molar-refractivity contribution >= 4 is 0 Å². The van der Waals surface area contributed by atoms with Crippen molar-refractivity contribution in [2.24, 2.45) is 0 Å². The first kappa shape index (κ1) is 15.2. The normalized spacial score (nSPS) is 14.7. The molecule has 0 bridgehead atoms. The minimum Gasteiger partial charge on any atom is -0.393 e. The maximum absolute atomic E-state index is 10.2. The largest absolute Gasteiger partial charge is 0.393 e. The average Bonchev–Trinajstić information content (AvgIpc) is 2.24. The van der Waals surface area contributed by atoms with E-state index >= 15 is 0 Å². The zero-order valence-electron chi connectivity index (χ0n) is 12.4. The lowest BCUT2D eigenvalue weighted by Gasteiger charge is -2.31. The third kappa shape index (κ3) is 3.12. The van der Waals surface area contributed by atoms with Crippen LogP contribution in [-0.2, 0) is 10.8 Å². The monoisotopic (exact) mass is 250 g/mol. The predicted octanol–water partition coefficient (Wildman–Crippen LogP) is 3.31. The first-order valence-electron chi connectivity index (χ1n) is 6.52. The van der Waals surface area contributed by atoms with E-state index in [-0.39, 0.29) is 17.4 Å². The van der Waals surface area contributed by atoms with Gasteiger partial charge in [0.05, 0.1) is 6.61 Å². The number of hydrogen-bond donors (Lipinski definition) is 2. The Bertz CT molecular complexity index is 376. The number of aliphatic hydroxyl groups is 2. The molecule has 0 aromatic heterocycles. The van der Waals surface area contributed by atoms with Gasteiger partial charge in [-0.25, -0.2) is 0 Å². The molecule has 2 heteroatoms. The van der Waals surface area contributed by atoms with Crippen molar-refractivity contribution in [1.82, 2.24) is 0 Å². The van der Waals surface area contributed by atoms with E-state index < -0.39 is 6.10 Å². The van der Waals surface area contributed by atoms with Crippen molar-refractivity contribution in [3.05, 3.63) is 34.9 Å². The molecule has 18 heavy (non-hydrogen) atoms. The molecule has 1 rings (SSSR count). The molecule has 1 unspecified atom stereocenters. The third-order valence-electron chi connectivity index (χ3n) is 3.23. The second-order valence-electron chi connectivity index (χ2n) is 6.97. The highest BCUT2D eigenvalue weighted by atomic mass is 16.3. The van der Waals surface area contributed by atoms with Gasteiger partial charge in [0.1, 0.15) is 6.10 Å². The Hall–Kier alpha value is -0.860. The highest BCUT2D eigenvalue weighted by Crippen LogP contribution is 2.37. The van der Waals surface area contributed by atoms with Crippen molar-refractivity contribution < 1.29 is 10.2 Å². The molecule has 0 saturated heterocycles. The van der Waals surface area contributed by atoms with E-state index in [9.17, 15) is 10.2 Å². The molecule has 1 aromatic carbocycles. The molecule has 1 atom stereocenters. The van der Waals surface area contributed by atoms with E-state index in [4.69, 9.17) is 0 Å². The van der Waals surface area contributed by atoms with Gasteiger partial charge in [0.25, 0.3) is 0 Å². The van der Waals surface area contributed by atoms with Gasteiger partial charge in [-0.3, -0.25) is 0 Å². The van der Waals surface area contributed by atoms with Crippen LogP contribution in [0, 0.1) is 0 Å². The quantitative estimate of drug-likeness (QED) is 0.845. The van der Waals surface area contributed by atoms with Crippen LogP contribution in [0.25, 0.3) is 0 Å². The SMILES string of the molecule is CC(C)(C)c1cccc(C(C)(C)C)c1C(O)CO. The lowest BCUT2D eigenvalue weighted by Crippen LogP contribution is -2.23. The van der Waals surface area contributed by atoms with E-state index in [1.165, 1.54) is 0 Å². The highest BCUT2D eigenvalue weighted by molar-refractivity contribution is 5.44. The Morgan fingerprint density at radius 2 is 1.33 bits per heavy atom. The molecule has 0 aliphatic rings. The first-order chi connectivity index (χ1) is 8.09. The van der Waals surface area contributed by atoms with Crippen LogP contribution in [0.5, 0.6) is 0 Å². The molecule has 0 aliphatic carbocycles. The van der Waals surface area contributed by atoms with E-state index in [2.05, 4.69) is 41.5 Å². The molecule has 0 spiro atoms. The van der Waals surface area contributed by atoms with Crippen LogP contribution >= 0.6 is 0 Å². The van der Waals surface area contributed by atoms with Gasteiger partial charge in [-0.1, -0.05) is 59.7 Å². The fourth-order valence-electron chi connectivity index (χ4n) is 2.32. The summed E-state index contributed by atoms with van der Waals surface area (Å²) in [5.41, 5.74) is 3.01. The van der Waals surface area contributed by atoms with E-state index in [0.29, 0.717) is 0 Å². The summed E-state index contributed by atoms with van der Waals surface area (Å²) >= 11 is 0. The van der Waals surface area contributed by atoms with Crippen molar-refractivity contribution in [3.63, 3.8) is 0 Å². The summed E-state index contributed by atoms with van der Waals surface area (Å²) in [7, 11) is 0. The van der Waals surface area contributed by atoms with Crippen molar-refractivity contribution in [2.75, 3.05) is 6.61 Å². The fraction of sp³-hybridized carbons (Fsp3) is 0.625. The summed E-state index contributed by atoms with van der Waals surface area (Å²) in [6.07, 6.45) is -0.811. The Labute approximate surface area is 111 Å². The number of hydrogen-bond acceptors (Lipinski definition) is 2. The topological polar surface area (TPSA) is 40.5 Å². The molecule has 102 valence electrons. The van der Waals surface area contributed by atoms with Crippen LogP contribution in [0.15, 0.2) is 18.2 Å². The number of benzene rings is 1. The number of aliphatic hydroxyl groups excluding tert-OH is 2. The molecule has 2 N–H and O–H groups in total. The van der Waals surface area contributed by atoms with Gasteiger partial charge in [-0.15, -0.1) is 0 Å². The van der Waals surface area contributed by atoms with E-state index in [0.717, 1.165) is 16.7 Å². The summed E-state index contributed by atoms with van der Waals surface area (Å²) < 4.78 is 0. The zero-order chi connectivity index (χ0) is 14.1. The van der Waals surface area contributed by atoms with Crippen LogP contribution < -0.4 is 0 Å². The Kier molecular flexibility index (Phi) is 4.24. The van der Waals surface area contributed by atoms with Gasteiger partial charge in [0, 0.05) is 0 Å². The predicted molar refractivity (Wildman–Crippen MR) is 75.9 cm³/mol. The summed E-state index contributed by atoms with van der Waals surface area (Å²) in [6.45, 7) is 12.5. The molecule has 0 amide bonds. The van der Waals surface area contributed by atoms with Crippen molar-refractivity contribution in [3.8, 4) is 0 Å². The van der Waals surface area contributed by atoms with Crippen LogP contribution in [0.4, 0.5) is 0 Å². The smallest absolute Gasteiger partial charge is 0.103 e. The molecule has 1 aromatic rings. The van der Waals surface area contributed by atoms with Crippen LogP contribution in [-0.4, -0.2) is 16.8 Å².